The summed E-state index contributed by atoms with van der Waals surface area (Å²) in [6.07, 6.45) is -4.64. The molecule has 0 heterocycles. The second-order valence-corrected chi connectivity index (χ2v) is 7.15. The number of rotatable bonds is 4. The van der Waals surface area contributed by atoms with Gasteiger partial charge in [-0.05, 0) is 46.3 Å². The molecule has 0 spiro atoms. The van der Waals surface area contributed by atoms with E-state index >= 15 is 0 Å². The minimum absolute atomic E-state index is 0.0904. The van der Waals surface area contributed by atoms with Gasteiger partial charge in [0.25, 0.3) is 0 Å². The van der Waals surface area contributed by atoms with Crippen molar-refractivity contribution in [3.8, 4) is 0 Å². The van der Waals surface area contributed by atoms with Crippen LogP contribution in [0.5, 0.6) is 0 Å². The SMILES string of the molecule is O=S(=O)(NCc1cc(C(F)(F)F)ccc1F)c1ccccc1Br. The molecule has 0 aliphatic carbocycles. The van der Waals surface area contributed by atoms with Crippen molar-refractivity contribution < 1.29 is 26.0 Å². The predicted molar refractivity (Wildman–Crippen MR) is 79.6 cm³/mol. The first-order valence-electron chi connectivity index (χ1n) is 6.21. The molecule has 9 heteroatoms. The summed E-state index contributed by atoms with van der Waals surface area (Å²) in [5, 5.41) is 0. The normalized spacial score (nSPS) is 12.4. The van der Waals surface area contributed by atoms with Crippen LogP contribution in [0.15, 0.2) is 51.8 Å². The minimum atomic E-state index is -4.64. The monoisotopic (exact) mass is 411 g/mol. The van der Waals surface area contributed by atoms with Crippen LogP contribution in [0.2, 0.25) is 0 Å². The van der Waals surface area contributed by atoms with Crippen molar-refractivity contribution in [1.29, 1.82) is 0 Å². The summed E-state index contributed by atoms with van der Waals surface area (Å²) in [7, 11) is -4.00. The Morgan fingerprint density at radius 2 is 1.74 bits per heavy atom. The van der Waals surface area contributed by atoms with E-state index in [1.165, 1.54) is 18.2 Å². The molecule has 0 fully saturated rings. The van der Waals surface area contributed by atoms with Gasteiger partial charge in [-0.25, -0.2) is 17.5 Å². The fourth-order valence-electron chi connectivity index (χ4n) is 1.80. The zero-order chi connectivity index (χ0) is 17.3. The molecule has 124 valence electrons. The maximum atomic E-state index is 13.6. The highest BCUT2D eigenvalue weighted by Gasteiger charge is 2.31. The second-order valence-electron chi connectivity index (χ2n) is 4.56. The van der Waals surface area contributed by atoms with Gasteiger partial charge < -0.3 is 0 Å². The van der Waals surface area contributed by atoms with Gasteiger partial charge >= 0.3 is 6.18 Å². The molecule has 0 unspecified atom stereocenters. The molecule has 0 amide bonds. The van der Waals surface area contributed by atoms with Gasteiger partial charge in [0.15, 0.2) is 0 Å². The van der Waals surface area contributed by atoms with Crippen LogP contribution in [0, 0.1) is 5.82 Å². The third-order valence-electron chi connectivity index (χ3n) is 2.95. The Labute approximate surface area is 138 Å². The molecule has 3 nitrogen and oxygen atoms in total. The Balaban J connectivity index is 2.26. The minimum Gasteiger partial charge on any atom is -0.207 e. The third-order valence-corrected chi connectivity index (χ3v) is 5.37. The number of halogens is 5. The molecule has 0 atom stereocenters. The van der Waals surface area contributed by atoms with Gasteiger partial charge in [0.2, 0.25) is 10.0 Å². The molecule has 1 N–H and O–H groups in total. The van der Waals surface area contributed by atoms with Gasteiger partial charge in [0, 0.05) is 16.6 Å². The Bertz CT molecular complexity index is 822. The van der Waals surface area contributed by atoms with Gasteiger partial charge in [0.1, 0.15) is 5.82 Å². The van der Waals surface area contributed by atoms with E-state index in [4.69, 9.17) is 0 Å². The lowest BCUT2D eigenvalue weighted by molar-refractivity contribution is -0.137. The molecular weight excluding hydrogens is 402 g/mol. The molecule has 0 bridgehead atoms. The molecule has 2 aromatic carbocycles. The van der Waals surface area contributed by atoms with Crippen molar-refractivity contribution >= 4 is 26.0 Å². The van der Waals surface area contributed by atoms with Gasteiger partial charge in [-0.1, -0.05) is 12.1 Å². The average molecular weight is 412 g/mol. The molecule has 2 rings (SSSR count). The fourth-order valence-corrected chi connectivity index (χ4v) is 3.81. The van der Waals surface area contributed by atoms with E-state index in [2.05, 4.69) is 20.7 Å². The standard InChI is InChI=1S/C14H10BrF4NO2S/c15-11-3-1-2-4-13(11)23(21,22)20-8-9-7-10(14(17,18)19)5-6-12(9)16/h1-7,20H,8H2. The van der Waals surface area contributed by atoms with Gasteiger partial charge in [-0.3, -0.25) is 0 Å². The Hall–Kier alpha value is -1.45. The topological polar surface area (TPSA) is 46.2 Å². The highest BCUT2D eigenvalue weighted by molar-refractivity contribution is 9.10. The largest absolute Gasteiger partial charge is 0.416 e. The molecule has 0 saturated heterocycles. The molecule has 0 aromatic heterocycles. The number of alkyl halides is 3. The van der Waals surface area contributed by atoms with Crippen molar-refractivity contribution in [1.82, 2.24) is 4.72 Å². The molecule has 0 radical (unpaired) electrons. The Morgan fingerprint density at radius 3 is 2.35 bits per heavy atom. The summed E-state index contributed by atoms with van der Waals surface area (Å²) >= 11 is 3.07. The number of benzene rings is 2. The first-order chi connectivity index (χ1) is 10.6. The van der Waals surface area contributed by atoms with E-state index in [9.17, 15) is 26.0 Å². The number of hydrogen-bond acceptors (Lipinski definition) is 2. The van der Waals surface area contributed by atoms with Crippen molar-refractivity contribution in [2.24, 2.45) is 0 Å². The Morgan fingerprint density at radius 1 is 1.09 bits per heavy atom. The summed E-state index contributed by atoms with van der Waals surface area (Å²) in [6.45, 7) is -0.598. The van der Waals surface area contributed by atoms with Crippen molar-refractivity contribution in [2.75, 3.05) is 0 Å². The molecule has 2 aromatic rings. The molecular formula is C14H10BrF4NO2S. The summed E-state index contributed by atoms with van der Waals surface area (Å²) in [5.41, 5.74) is -1.44. The number of sulfonamides is 1. The van der Waals surface area contributed by atoms with Gasteiger partial charge in [-0.2, -0.15) is 13.2 Å². The maximum Gasteiger partial charge on any atom is 0.416 e. The molecule has 0 saturated carbocycles. The van der Waals surface area contributed by atoms with E-state index < -0.39 is 39.7 Å². The quantitative estimate of drug-likeness (QED) is 0.770. The zero-order valence-electron chi connectivity index (χ0n) is 11.4. The first-order valence-corrected chi connectivity index (χ1v) is 8.49. The van der Waals surface area contributed by atoms with E-state index in [0.29, 0.717) is 18.2 Å². The lowest BCUT2D eigenvalue weighted by atomic mass is 10.1. The van der Waals surface area contributed by atoms with E-state index in [1.807, 2.05) is 0 Å². The van der Waals surface area contributed by atoms with E-state index in [1.54, 1.807) is 6.07 Å². The van der Waals surface area contributed by atoms with Crippen molar-refractivity contribution in [3.63, 3.8) is 0 Å². The first kappa shape index (κ1) is 17.9. The van der Waals surface area contributed by atoms with Crippen LogP contribution in [0.4, 0.5) is 17.6 Å². The Kier molecular flexibility index (Phi) is 5.12. The second kappa shape index (κ2) is 6.58. The summed E-state index contributed by atoms with van der Waals surface area (Å²) in [4.78, 5) is -0.0904. The summed E-state index contributed by atoms with van der Waals surface area (Å²) < 4.78 is 78.1. The van der Waals surface area contributed by atoms with Crippen LogP contribution >= 0.6 is 15.9 Å². The lowest BCUT2D eigenvalue weighted by Crippen LogP contribution is -2.24. The highest BCUT2D eigenvalue weighted by atomic mass is 79.9. The van der Waals surface area contributed by atoms with Crippen molar-refractivity contribution in [2.45, 2.75) is 17.6 Å². The van der Waals surface area contributed by atoms with Gasteiger partial charge in [0.05, 0.1) is 10.5 Å². The molecule has 0 aliphatic rings. The molecule has 23 heavy (non-hydrogen) atoms. The predicted octanol–water partition coefficient (Wildman–Crippen LogP) is 4.09. The van der Waals surface area contributed by atoms with Gasteiger partial charge in [-0.15, -0.1) is 0 Å². The van der Waals surface area contributed by atoms with Crippen LogP contribution in [-0.2, 0) is 22.7 Å². The van der Waals surface area contributed by atoms with Crippen LogP contribution < -0.4 is 4.72 Å². The van der Waals surface area contributed by atoms with Crippen LogP contribution in [-0.4, -0.2) is 8.42 Å². The highest BCUT2D eigenvalue weighted by Crippen LogP contribution is 2.30. The molecule has 0 aliphatic heterocycles. The summed E-state index contributed by atoms with van der Waals surface area (Å²) in [5.74, 6) is -0.923. The van der Waals surface area contributed by atoms with E-state index in [0.717, 1.165) is 0 Å². The third kappa shape index (κ3) is 4.30. The zero-order valence-corrected chi connectivity index (χ0v) is 13.8. The van der Waals surface area contributed by atoms with E-state index in [-0.39, 0.29) is 9.37 Å². The fraction of sp³-hybridized carbons (Fsp3) is 0.143. The number of nitrogens with one attached hydrogen (secondary N) is 1. The average Bonchev–Trinajstić information content (AvgIpc) is 2.45. The smallest absolute Gasteiger partial charge is 0.207 e. The number of hydrogen-bond donors (Lipinski definition) is 1. The van der Waals surface area contributed by atoms with Crippen molar-refractivity contribution in [3.05, 3.63) is 63.9 Å². The summed E-state index contributed by atoms with van der Waals surface area (Å²) in [6, 6.07) is 7.75. The van der Waals surface area contributed by atoms with Crippen LogP contribution in [0.1, 0.15) is 11.1 Å². The maximum absolute atomic E-state index is 13.6. The lowest BCUT2D eigenvalue weighted by Gasteiger charge is -2.11. The van der Waals surface area contributed by atoms with Crippen LogP contribution in [0.3, 0.4) is 0 Å². The van der Waals surface area contributed by atoms with Crippen LogP contribution in [0.25, 0.3) is 0 Å².